The smallest absolute Gasteiger partial charge is 0.410 e. The number of carboxylic acid groups (broad SMARTS) is 1. The molecule has 14 nitrogen and oxygen atoms in total. The Balaban J connectivity index is 1.43. The van der Waals surface area contributed by atoms with E-state index in [1.54, 1.807) is 39.9 Å². The van der Waals surface area contributed by atoms with E-state index in [1.807, 2.05) is 24.3 Å². The Morgan fingerprint density at radius 3 is 2.55 bits per heavy atom. The summed E-state index contributed by atoms with van der Waals surface area (Å²) >= 11 is 0. The van der Waals surface area contributed by atoms with Gasteiger partial charge in [0, 0.05) is 20.1 Å². The number of unbranched alkanes of at least 4 members (excludes halogenated alkanes) is 3. The first-order valence-corrected chi connectivity index (χ1v) is 17.4. The number of nitrogens with one attached hydrogen (secondary N) is 1. The first-order valence-electron chi connectivity index (χ1n) is 17.4. The Labute approximate surface area is 298 Å². The maximum absolute atomic E-state index is 14.1. The van der Waals surface area contributed by atoms with Crippen molar-refractivity contribution < 1.29 is 48.0 Å². The summed E-state index contributed by atoms with van der Waals surface area (Å²) in [5.74, 6) is -1.69. The number of hydrogen-bond donors (Lipinski definition) is 2. The molecular weight excluding hydrogens is 660 g/mol. The van der Waals surface area contributed by atoms with Gasteiger partial charge in [0.1, 0.15) is 29.5 Å². The van der Waals surface area contributed by atoms with Crippen LogP contribution in [0.4, 0.5) is 9.59 Å². The number of methoxy groups -OCH3 is 2. The van der Waals surface area contributed by atoms with Crippen LogP contribution in [0.3, 0.4) is 0 Å². The summed E-state index contributed by atoms with van der Waals surface area (Å²) in [5, 5.41) is 11.7. The molecule has 2 heterocycles. The zero-order valence-electron chi connectivity index (χ0n) is 30.1. The van der Waals surface area contributed by atoms with Crippen LogP contribution in [0.25, 0.3) is 0 Å². The number of likely N-dealkylation sites (tertiary alicyclic amines) is 1. The molecule has 0 radical (unpaired) electrons. The minimum absolute atomic E-state index is 0.0234. The van der Waals surface area contributed by atoms with E-state index in [4.69, 9.17) is 24.1 Å². The molecule has 1 saturated carbocycles. The number of alkyl carbamates (subject to hydrolysis) is 1. The zero-order chi connectivity index (χ0) is 37.3. The number of rotatable bonds is 14. The van der Waals surface area contributed by atoms with Crippen molar-refractivity contribution in [3.63, 3.8) is 0 Å². The summed E-state index contributed by atoms with van der Waals surface area (Å²) < 4.78 is 22.2. The van der Waals surface area contributed by atoms with Gasteiger partial charge in [0.2, 0.25) is 5.91 Å². The second kappa shape index (κ2) is 17.5. The molecule has 0 aromatic heterocycles. The summed E-state index contributed by atoms with van der Waals surface area (Å²) in [5.41, 5.74) is 5.00. The monoisotopic (exact) mass is 710 g/mol. The number of carbonyl (C=O) groups excluding carboxylic acids is 4. The van der Waals surface area contributed by atoms with Crippen LogP contribution >= 0.6 is 0 Å². The highest BCUT2D eigenvalue weighted by Crippen LogP contribution is 2.37. The van der Waals surface area contributed by atoms with Gasteiger partial charge in [-0.3, -0.25) is 19.3 Å². The Morgan fingerprint density at radius 2 is 1.90 bits per heavy atom. The molecule has 4 rings (SSSR count). The lowest BCUT2D eigenvalue weighted by Gasteiger charge is -2.37. The minimum Gasteiger partial charge on any atom is -0.497 e. The van der Waals surface area contributed by atoms with Gasteiger partial charge in [-0.15, -0.1) is 5.73 Å². The molecule has 51 heavy (non-hydrogen) atoms. The van der Waals surface area contributed by atoms with E-state index < -0.39 is 65.7 Å². The lowest BCUT2D eigenvalue weighted by Crippen LogP contribution is -2.52. The van der Waals surface area contributed by atoms with Gasteiger partial charge in [0.25, 0.3) is 5.91 Å². The largest absolute Gasteiger partial charge is 0.497 e. The number of ether oxygens (including phenoxy) is 4. The van der Waals surface area contributed by atoms with Crippen LogP contribution < -0.4 is 10.1 Å². The molecule has 2 N–H and O–H groups in total. The number of carboxylic acids is 1. The van der Waals surface area contributed by atoms with Crippen molar-refractivity contribution in [1.29, 1.82) is 0 Å². The molecule has 0 bridgehead atoms. The molecule has 2 aliphatic heterocycles. The standard InChI is InChI=1S/C37H50N4O10/c1-37(2,3)51-35(46)39-29(13-11-9-7-8-10-12-23-19-28(23)34(44)45)33(43)41-21-26(20-30(41)32(42)38-4)50-36(47)40-17-16-24-18-25(49-6)14-15-27(24)31(40)22-48-5/h10,14-15,18,26,28-31H,4,7-9,11,13,16-17,19-22H2,1-3,5-6H3,(H,39,46)(H,44,45)/t12?,26-,28+,29+,30+,31?/m1/s1. The summed E-state index contributed by atoms with van der Waals surface area (Å²) in [6, 6.07) is 3.23. The highest BCUT2D eigenvalue weighted by Gasteiger charge is 2.44. The van der Waals surface area contributed by atoms with Crippen molar-refractivity contribution in [2.24, 2.45) is 10.9 Å². The number of fused-ring (bicyclic) bond motifs is 1. The van der Waals surface area contributed by atoms with E-state index in [-0.39, 0.29) is 26.0 Å². The fourth-order valence-electron chi connectivity index (χ4n) is 6.49. The highest BCUT2D eigenvalue weighted by atomic mass is 16.6. The lowest BCUT2D eigenvalue weighted by molar-refractivity contribution is -0.139. The van der Waals surface area contributed by atoms with Crippen LogP contribution in [0.15, 0.2) is 40.6 Å². The normalized spacial score (nSPS) is 21.5. The number of aliphatic carboxylic acids is 1. The highest BCUT2D eigenvalue weighted by molar-refractivity contribution is 5.93. The molecular formula is C37H50N4O10. The van der Waals surface area contributed by atoms with Gasteiger partial charge in [-0.2, -0.15) is 0 Å². The van der Waals surface area contributed by atoms with Crippen LogP contribution in [0, 0.1) is 5.92 Å². The van der Waals surface area contributed by atoms with Crippen molar-refractivity contribution in [2.75, 3.05) is 33.9 Å². The zero-order valence-corrected chi connectivity index (χ0v) is 30.1. The molecule has 3 aliphatic rings. The summed E-state index contributed by atoms with van der Waals surface area (Å²) in [6.45, 7) is 9.04. The van der Waals surface area contributed by atoms with Crippen LogP contribution in [-0.2, 0) is 35.0 Å². The van der Waals surface area contributed by atoms with Gasteiger partial charge >= 0.3 is 18.2 Å². The van der Waals surface area contributed by atoms with Crippen LogP contribution in [-0.4, -0.2) is 109 Å². The molecule has 1 aromatic carbocycles. The van der Waals surface area contributed by atoms with Crippen molar-refractivity contribution in [2.45, 2.75) is 102 Å². The fraction of sp³-hybridized carbons (Fsp3) is 0.595. The molecule has 14 heteroatoms. The maximum Gasteiger partial charge on any atom is 0.410 e. The van der Waals surface area contributed by atoms with Gasteiger partial charge in [-0.25, -0.2) is 14.6 Å². The van der Waals surface area contributed by atoms with Crippen molar-refractivity contribution >= 4 is 36.7 Å². The molecule has 4 amide bonds. The average Bonchev–Trinajstić information content (AvgIpc) is 3.75. The van der Waals surface area contributed by atoms with Gasteiger partial charge in [0.15, 0.2) is 0 Å². The second-order valence-electron chi connectivity index (χ2n) is 14.0. The first kappa shape index (κ1) is 39.1. The Morgan fingerprint density at radius 1 is 1.14 bits per heavy atom. The predicted octanol–water partition coefficient (Wildman–Crippen LogP) is 4.60. The van der Waals surface area contributed by atoms with Gasteiger partial charge in [-0.05, 0) is 94.5 Å². The molecule has 5 atom stereocenters. The molecule has 1 unspecified atom stereocenters. The fourth-order valence-corrected chi connectivity index (χ4v) is 6.49. The predicted molar refractivity (Wildman–Crippen MR) is 187 cm³/mol. The van der Waals surface area contributed by atoms with Crippen LogP contribution in [0.5, 0.6) is 5.75 Å². The summed E-state index contributed by atoms with van der Waals surface area (Å²) in [4.78, 5) is 70.9. The third-order valence-corrected chi connectivity index (χ3v) is 9.12. The number of amides is 4. The topological polar surface area (TPSA) is 173 Å². The lowest BCUT2D eigenvalue weighted by atomic mass is 9.93. The molecule has 0 spiro atoms. The quantitative estimate of drug-likeness (QED) is 0.158. The number of aliphatic imine (C=N–C) groups is 1. The SMILES string of the molecule is C=NC(=O)[C@@H]1C[C@@H](OC(=O)N2CCc3cc(OC)ccc3C2COC)CN1C(=O)[C@H](CCCCCC=C=C1C[C@@H]1C(=O)O)NC(=O)OC(C)(C)C. The number of nitrogens with zero attached hydrogens (tertiary/aromatic N) is 3. The van der Waals surface area contributed by atoms with E-state index in [1.165, 1.54) is 4.90 Å². The average molecular weight is 711 g/mol. The first-order chi connectivity index (χ1) is 24.3. The summed E-state index contributed by atoms with van der Waals surface area (Å²) in [7, 11) is 3.16. The van der Waals surface area contributed by atoms with E-state index in [0.717, 1.165) is 35.3 Å². The Bertz CT molecular complexity index is 1550. The van der Waals surface area contributed by atoms with Crippen molar-refractivity contribution in [3.8, 4) is 5.75 Å². The molecule has 1 aromatic rings. The van der Waals surface area contributed by atoms with Crippen LogP contribution in [0.2, 0.25) is 0 Å². The second-order valence-corrected chi connectivity index (χ2v) is 14.0. The van der Waals surface area contributed by atoms with Crippen molar-refractivity contribution in [1.82, 2.24) is 15.1 Å². The van der Waals surface area contributed by atoms with Gasteiger partial charge < -0.3 is 34.3 Å². The third-order valence-electron chi connectivity index (χ3n) is 9.12. The molecule has 1 aliphatic carbocycles. The van der Waals surface area contributed by atoms with Gasteiger partial charge in [-0.1, -0.05) is 18.9 Å². The van der Waals surface area contributed by atoms with Crippen molar-refractivity contribution in [3.05, 3.63) is 46.7 Å². The van der Waals surface area contributed by atoms with E-state index in [9.17, 15) is 24.0 Å². The maximum atomic E-state index is 14.1. The third kappa shape index (κ3) is 10.7. The van der Waals surface area contributed by atoms with E-state index in [2.05, 4.69) is 22.8 Å². The molecule has 1 saturated heterocycles. The number of hydrogen-bond acceptors (Lipinski definition) is 9. The molecule has 278 valence electrons. The Kier molecular flexibility index (Phi) is 13.4. The summed E-state index contributed by atoms with van der Waals surface area (Å²) in [6.07, 6.45) is 3.82. The van der Waals surface area contributed by atoms with E-state index in [0.29, 0.717) is 32.2 Å². The molecule has 2 fully saturated rings. The minimum atomic E-state index is -1.03. The van der Waals surface area contributed by atoms with Crippen LogP contribution in [0.1, 0.15) is 82.9 Å². The van der Waals surface area contributed by atoms with E-state index >= 15 is 0 Å². The number of benzene rings is 1. The van der Waals surface area contributed by atoms with Gasteiger partial charge in [0.05, 0.1) is 32.2 Å². The number of carbonyl (C=O) groups is 5. The Hall–Kier alpha value is -4.68.